The monoisotopic (exact) mass is 295 g/mol. The summed E-state index contributed by atoms with van der Waals surface area (Å²) in [6.45, 7) is 0.309. The molecule has 20 heavy (non-hydrogen) atoms. The van der Waals surface area contributed by atoms with Gasteiger partial charge in [-0.1, -0.05) is 23.7 Å². The predicted molar refractivity (Wildman–Crippen MR) is 74.4 cm³/mol. The Labute approximate surface area is 121 Å². The molecule has 1 aliphatic rings. The Morgan fingerprint density at radius 1 is 1.45 bits per heavy atom. The molecule has 1 heterocycles. The fourth-order valence-corrected chi connectivity index (χ4v) is 2.14. The second-order valence-corrected chi connectivity index (χ2v) is 5.00. The highest BCUT2D eigenvalue weighted by molar-refractivity contribution is 6.30. The van der Waals surface area contributed by atoms with Crippen molar-refractivity contribution in [3.63, 3.8) is 0 Å². The standard InChI is InChI=1S/C14H14ClNO4/c15-11-3-1-2-10(8-11)4-5-12(17)16-14(13(18)19)6-7-20-9-14/h1-5,8H,6-7,9H2,(H,16,17)(H,18,19). The minimum Gasteiger partial charge on any atom is -0.479 e. The fourth-order valence-electron chi connectivity index (χ4n) is 1.95. The van der Waals surface area contributed by atoms with Crippen LogP contribution in [0.2, 0.25) is 5.02 Å². The van der Waals surface area contributed by atoms with Crippen molar-refractivity contribution in [3.8, 4) is 0 Å². The van der Waals surface area contributed by atoms with E-state index in [0.717, 1.165) is 5.56 Å². The molecular weight excluding hydrogens is 282 g/mol. The van der Waals surface area contributed by atoms with E-state index < -0.39 is 17.4 Å². The van der Waals surface area contributed by atoms with Crippen LogP contribution in [0.25, 0.3) is 6.08 Å². The van der Waals surface area contributed by atoms with Crippen molar-refractivity contribution < 1.29 is 19.4 Å². The van der Waals surface area contributed by atoms with Gasteiger partial charge in [-0.2, -0.15) is 0 Å². The van der Waals surface area contributed by atoms with Gasteiger partial charge in [0, 0.05) is 24.1 Å². The van der Waals surface area contributed by atoms with E-state index in [1.54, 1.807) is 30.3 Å². The van der Waals surface area contributed by atoms with E-state index in [1.165, 1.54) is 6.08 Å². The summed E-state index contributed by atoms with van der Waals surface area (Å²) in [7, 11) is 0. The zero-order valence-corrected chi connectivity index (χ0v) is 11.4. The summed E-state index contributed by atoms with van der Waals surface area (Å²) in [5, 5.41) is 12.3. The molecule has 6 heteroatoms. The first-order valence-electron chi connectivity index (χ1n) is 6.09. The Morgan fingerprint density at radius 3 is 2.85 bits per heavy atom. The lowest BCUT2D eigenvalue weighted by Crippen LogP contribution is -2.54. The predicted octanol–water partition coefficient (Wildman–Crippen LogP) is 1.71. The highest BCUT2D eigenvalue weighted by Gasteiger charge is 2.43. The number of aliphatic carboxylic acids is 1. The zero-order chi connectivity index (χ0) is 14.6. The van der Waals surface area contributed by atoms with Crippen LogP contribution in [0.3, 0.4) is 0 Å². The number of carbonyl (C=O) groups excluding carboxylic acids is 1. The summed E-state index contributed by atoms with van der Waals surface area (Å²) < 4.78 is 5.06. The molecule has 1 amide bonds. The van der Waals surface area contributed by atoms with Crippen LogP contribution in [0.5, 0.6) is 0 Å². The molecule has 106 valence electrons. The van der Waals surface area contributed by atoms with Crippen molar-refractivity contribution in [1.82, 2.24) is 5.32 Å². The average Bonchev–Trinajstić information content (AvgIpc) is 2.86. The molecule has 0 aliphatic carbocycles. The van der Waals surface area contributed by atoms with Gasteiger partial charge in [-0.25, -0.2) is 4.79 Å². The normalized spacial score (nSPS) is 22.1. The van der Waals surface area contributed by atoms with Gasteiger partial charge in [-0.05, 0) is 23.8 Å². The maximum Gasteiger partial charge on any atom is 0.331 e. The minimum absolute atomic E-state index is 0.0148. The molecule has 1 aromatic rings. The first kappa shape index (κ1) is 14.6. The molecule has 0 bridgehead atoms. The van der Waals surface area contributed by atoms with Crippen molar-refractivity contribution in [1.29, 1.82) is 0 Å². The Bertz CT molecular complexity index is 550. The summed E-state index contributed by atoms with van der Waals surface area (Å²) in [5.74, 6) is -1.56. The van der Waals surface area contributed by atoms with Gasteiger partial charge in [0.25, 0.3) is 0 Å². The van der Waals surface area contributed by atoms with Crippen LogP contribution in [0, 0.1) is 0 Å². The lowest BCUT2D eigenvalue weighted by atomic mass is 9.99. The summed E-state index contributed by atoms with van der Waals surface area (Å²) >= 11 is 5.83. The minimum atomic E-state index is -1.32. The smallest absolute Gasteiger partial charge is 0.331 e. The van der Waals surface area contributed by atoms with Crippen LogP contribution in [0.4, 0.5) is 0 Å². The number of hydrogen-bond donors (Lipinski definition) is 2. The van der Waals surface area contributed by atoms with Crippen LogP contribution in [-0.2, 0) is 14.3 Å². The molecule has 1 fully saturated rings. The molecule has 1 unspecified atom stereocenters. The molecule has 5 nitrogen and oxygen atoms in total. The topological polar surface area (TPSA) is 75.6 Å². The van der Waals surface area contributed by atoms with Gasteiger partial charge in [0.15, 0.2) is 5.54 Å². The first-order valence-corrected chi connectivity index (χ1v) is 6.47. The lowest BCUT2D eigenvalue weighted by Gasteiger charge is -2.22. The summed E-state index contributed by atoms with van der Waals surface area (Å²) in [6.07, 6.45) is 3.13. The Morgan fingerprint density at radius 2 is 2.25 bits per heavy atom. The highest BCUT2D eigenvalue weighted by atomic mass is 35.5. The molecule has 2 rings (SSSR count). The number of ether oxygens (including phenoxy) is 1. The number of carboxylic acids is 1. The van der Waals surface area contributed by atoms with Crippen molar-refractivity contribution in [2.24, 2.45) is 0 Å². The quantitative estimate of drug-likeness (QED) is 0.829. The molecular formula is C14H14ClNO4. The second-order valence-electron chi connectivity index (χ2n) is 4.57. The highest BCUT2D eigenvalue weighted by Crippen LogP contribution is 2.19. The molecule has 1 atom stereocenters. The number of carboxylic acid groups (broad SMARTS) is 1. The first-order chi connectivity index (χ1) is 9.52. The molecule has 0 radical (unpaired) electrons. The van der Waals surface area contributed by atoms with E-state index in [2.05, 4.69) is 5.32 Å². The van der Waals surface area contributed by atoms with Gasteiger partial charge in [-0.15, -0.1) is 0 Å². The van der Waals surface area contributed by atoms with Crippen LogP contribution < -0.4 is 5.32 Å². The molecule has 1 saturated heterocycles. The van der Waals surface area contributed by atoms with Gasteiger partial charge in [0.05, 0.1) is 6.61 Å². The van der Waals surface area contributed by atoms with Crippen molar-refractivity contribution >= 4 is 29.6 Å². The Kier molecular flexibility index (Phi) is 4.42. The number of amides is 1. The fraction of sp³-hybridized carbons (Fsp3) is 0.286. The molecule has 0 saturated carbocycles. The number of hydrogen-bond acceptors (Lipinski definition) is 3. The number of rotatable bonds is 4. The summed E-state index contributed by atoms with van der Waals surface area (Å²) in [4.78, 5) is 23.1. The Hall–Kier alpha value is -1.85. The number of nitrogens with one attached hydrogen (secondary N) is 1. The van der Waals surface area contributed by atoms with Gasteiger partial charge in [0.2, 0.25) is 5.91 Å². The third-order valence-corrected chi connectivity index (χ3v) is 3.30. The number of carbonyl (C=O) groups is 2. The lowest BCUT2D eigenvalue weighted by molar-refractivity contribution is -0.147. The van der Waals surface area contributed by atoms with E-state index >= 15 is 0 Å². The van der Waals surface area contributed by atoms with Gasteiger partial charge < -0.3 is 15.2 Å². The maximum absolute atomic E-state index is 11.8. The van der Waals surface area contributed by atoms with Crippen molar-refractivity contribution in [3.05, 3.63) is 40.9 Å². The summed E-state index contributed by atoms with van der Waals surface area (Å²) in [5.41, 5.74) is -0.560. The molecule has 0 spiro atoms. The maximum atomic E-state index is 11.8. The largest absolute Gasteiger partial charge is 0.479 e. The van der Waals surface area contributed by atoms with Gasteiger partial charge in [-0.3, -0.25) is 4.79 Å². The van der Waals surface area contributed by atoms with Crippen molar-refractivity contribution in [2.75, 3.05) is 13.2 Å². The number of benzene rings is 1. The van der Waals surface area contributed by atoms with Gasteiger partial charge >= 0.3 is 5.97 Å². The Balaban J connectivity index is 2.03. The molecule has 1 aliphatic heterocycles. The third kappa shape index (κ3) is 3.37. The summed E-state index contributed by atoms with van der Waals surface area (Å²) in [6, 6.07) is 7.00. The average molecular weight is 296 g/mol. The molecule has 1 aromatic carbocycles. The SMILES string of the molecule is O=C(C=Cc1cccc(Cl)c1)NC1(C(=O)O)CCOC1. The van der Waals surface area contributed by atoms with Crippen LogP contribution >= 0.6 is 11.6 Å². The van der Waals surface area contributed by atoms with E-state index in [1.807, 2.05) is 0 Å². The van der Waals surface area contributed by atoms with Crippen LogP contribution in [-0.4, -0.2) is 35.7 Å². The number of halogens is 1. The van der Waals surface area contributed by atoms with E-state index in [0.29, 0.717) is 11.6 Å². The van der Waals surface area contributed by atoms with Gasteiger partial charge in [0.1, 0.15) is 0 Å². The van der Waals surface area contributed by atoms with E-state index in [-0.39, 0.29) is 13.0 Å². The third-order valence-electron chi connectivity index (χ3n) is 3.07. The molecule has 0 aromatic heterocycles. The van der Waals surface area contributed by atoms with E-state index in [4.69, 9.17) is 16.3 Å². The van der Waals surface area contributed by atoms with E-state index in [9.17, 15) is 14.7 Å². The van der Waals surface area contributed by atoms with Crippen LogP contribution in [0.15, 0.2) is 30.3 Å². The molecule has 2 N–H and O–H groups in total. The van der Waals surface area contributed by atoms with Crippen LogP contribution in [0.1, 0.15) is 12.0 Å². The van der Waals surface area contributed by atoms with Crippen molar-refractivity contribution in [2.45, 2.75) is 12.0 Å². The zero-order valence-electron chi connectivity index (χ0n) is 10.6. The second kappa shape index (κ2) is 6.07.